The van der Waals surface area contributed by atoms with Crippen LogP contribution in [0.3, 0.4) is 0 Å². The summed E-state index contributed by atoms with van der Waals surface area (Å²) in [6.45, 7) is 8.48. The second-order valence-electron chi connectivity index (χ2n) is 3.92. The van der Waals surface area contributed by atoms with Crippen LogP contribution in [0, 0.1) is 0 Å². The van der Waals surface area contributed by atoms with Crippen LogP contribution in [0.5, 0.6) is 0 Å². The molecule has 0 bridgehead atoms. The highest BCUT2D eigenvalue weighted by atomic mass is 17.2. The molecule has 5 nitrogen and oxygen atoms in total. The highest BCUT2D eigenvalue weighted by Crippen LogP contribution is 2.07. The van der Waals surface area contributed by atoms with E-state index in [1.165, 1.54) is 0 Å². The number of aliphatic carboxylic acids is 1. The van der Waals surface area contributed by atoms with Gasteiger partial charge >= 0.3 is 5.97 Å². The lowest BCUT2D eigenvalue weighted by atomic mass is 10.2. The average Bonchev–Trinajstić information content (AvgIpc) is 1.99. The Bertz CT molecular complexity index is 188. The van der Waals surface area contributed by atoms with Gasteiger partial charge in [-0.15, -0.1) is 0 Å². The SMILES string of the molecule is CC(=O)O.CCCC(=O)OOC(C)(C)C. The Labute approximate surface area is 90.3 Å². The third kappa shape index (κ3) is 24.6. The van der Waals surface area contributed by atoms with Crippen LogP contribution in [0.2, 0.25) is 0 Å². The van der Waals surface area contributed by atoms with E-state index in [1.54, 1.807) is 0 Å². The third-order valence-corrected chi connectivity index (χ3v) is 0.839. The number of carbonyl (C=O) groups excluding carboxylic acids is 1. The molecule has 15 heavy (non-hydrogen) atoms. The Kier molecular flexibility index (Phi) is 8.96. The van der Waals surface area contributed by atoms with Crippen LogP contribution in [-0.2, 0) is 19.4 Å². The second-order valence-corrected chi connectivity index (χ2v) is 3.92. The third-order valence-electron chi connectivity index (χ3n) is 0.839. The van der Waals surface area contributed by atoms with Crippen LogP contribution in [0.1, 0.15) is 47.5 Å². The van der Waals surface area contributed by atoms with E-state index >= 15 is 0 Å². The molecule has 0 aromatic rings. The molecule has 1 N–H and O–H groups in total. The van der Waals surface area contributed by atoms with E-state index in [2.05, 4.69) is 4.89 Å². The molecule has 0 fully saturated rings. The van der Waals surface area contributed by atoms with Crippen LogP contribution in [0.25, 0.3) is 0 Å². The predicted octanol–water partition coefficient (Wildman–Crippen LogP) is 2.15. The Balaban J connectivity index is 0. The Hall–Kier alpha value is -1.10. The first-order chi connectivity index (χ1) is 6.69. The van der Waals surface area contributed by atoms with Crippen molar-refractivity contribution in [2.24, 2.45) is 0 Å². The summed E-state index contributed by atoms with van der Waals surface area (Å²) >= 11 is 0. The number of hydrogen-bond donors (Lipinski definition) is 1. The van der Waals surface area contributed by atoms with Gasteiger partial charge in [-0.2, -0.15) is 4.89 Å². The highest BCUT2D eigenvalue weighted by Gasteiger charge is 2.14. The van der Waals surface area contributed by atoms with Gasteiger partial charge in [0.1, 0.15) is 5.60 Å². The molecule has 5 heteroatoms. The monoisotopic (exact) mass is 220 g/mol. The van der Waals surface area contributed by atoms with E-state index in [1.807, 2.05) is 27.7 Å². The van der Waals surface area contributed by atoms with Crippen molar-refractivity contribution in [1.29, 1.82) is 0 Å². The summed E-state index contributed by atoms with van der Waals surface area (Å²) in [5, 5.41) is 7.42. The summed E-state index contributed by atoms with van der Waals surface area (Å²) < 4.78 is 0. The van der Waals surface area contributed by atoms with E-state index < -0.39 is 11.6 Å². The molecular formula is C10H20O5. The van der Waals surface area contributed by atoms with Gasteiger partial charge in [0, 0.05) is 13.3 Å². The molecule has 0 unspecified atom stereocenters. The molecule has 0 heterocycles. The van der Waals surface area contributed by atoms with E-state index in [0.29, 0.717) is 6.42 Å². The Morgan fingerprint density at radius 3 is 1.93 bits per heavy atom. The molecule has 0 aromatic carbocycles. The number of hydrogen-bond acceptors (Lipinski definition) is 4. The predicted molar refractivity (Wildman–Crippen MR) is 55.1 cm³/mol. The van der Waals surface area contributed by atoms with Gasteiger partial charge in [-0.25, -0.2) is 4.79 Å². The molecule has 0 aliphatic carbocycles. The molecule has 0 atom stereocenters. The van der Waals surface area contributed by atoms with Crippen LogP contribution >= 0.6 is 0 Å². The zero-order valence-electron chi connectivity index (χ0n) is 9.99. The van der Waals surface area contributed by atoms with Crippen LogP contribution in [0.4, 0.5) is 0 Å². The maximum absolute atomic E-state index is 10.7. The molecule has 0 spiro atoms. The van der Waals surface area contributed by atoms with Crippen LogP contribution in [-0.4, -0.2) is 22.6 Å². The lowest BCUT2D eigenvalue weighted by Crippen LogP contribution is -2.21. The van der Waals surface area contributed by atoms with Gasteiger partial charge < -0.3 is 5.11 Å². The fraction of sp³-hybridized carbons (Fsp3) is 0.800. The van der Waals surface area contributed by atoms with Gasteiger partial charge in [-0.1, -0.05) is 6.92 Å². The zero-order valence-corrected chi connectivity index (χ0v) is 9.99. The van der Waals surface area contributed by atoms with Crippen LogP contribution in [0.15, 0.2) is 0 Å². The second kappa shape index (κ2) is 8.23. The van der Waals surface area contributed by atoms with Gasteiger partial charge in [-0.05, 0) is 27.2 Å². The largest absolute Gasteiger partial charge is 0.481 e. The quantitative estimate of drug-likeness (QED) is 0.582. The maximum atomic E-state index is 10.7. The summed E-state index contributed by atoms with van der Waals surface area (Å²) in [4.78, 5) is 29.0. The van der Waals surface area contributed by atoms with Crippen molar-refractivity contribution in [1.82, 2.24) is 0 Å². The van der Waals surface area contributed by atoms with Crippen molar-refractivity contribution in [3.63, 3.8) is 0 Å². The highest BCUT2D eigenvalue weighted by molar-refractivity contribution is 5.68. The van der Waals surface area contributed by atoms with E-state index in [9.17, 15) is 4.79 Å². The number of carboxylic acids is 1. The first-order valence-electron chi connectivity index (χ1n) is 4.77. The molecule has 90 valence electrons. The molecule has 0 aliphatic heterocycles. The topological polar surface area (TPSA) is 72.8 Å². The zero-order chi connectivity index (χ0) is 12.5. The summed E-state index contributed by atoms with van der Waals surface area (Å²) in [6.07, 6.45) is 1.20. The average molecular weight is 220 g/mol. The molecular weight excluding hydrogens is 200 g/mol. The van der Waals surface area contributed by atoms with Gasteiger partial charge in [0.2, 0.25) is 0 Å². The Morgan fingerprint density at radius 1 is 1.27 bits per heavy atom. The standard InChI is InChI=1S/C8H16O3.C2H4O2/c1-5-6-7(9)10-11-8(2,3)4;1-2(3)4/h5-6H2,1-4H3;1H3,(H,3,4). The van der Waals surface area contributed by atoms with Crippen molar-refractivity contribution in [2.75, 3.05) is 0 Å². The number of carbonyl (C=O) groups is 2. The van der Waals surface area contributed by atoms with Crippen LogP contribution < -0.4 is 0 Å². The van der Waals surface area contributed by atoms with Crippen molar-refractivity contribution in [3.8, 4) is 0 Å². The van der Waals surface area contributed by atoms with Crippen molar-refractivity contribution >= 4 is 11.9 Å². The van der Waals surface area contributed by atoms with Crippen molar-refractivity contribution in [2.45, 2.75) is 53.1 Å². The summed E-state index contributed by atoms with van der Waals surface area (Å²) in [7, 11) is 0. The minimum Gasteiger partial charge on any atom is -0.481 e. The Morgan fingerprint density at radius 2 is 1.67 bits per heavy atom. The molecule has 0 saturated carbocycles. The van der Waals surface area contributed by atoms with Gasteiger partial charge in [-0.3, -0.25) is 9.68 Å². The molecule has 0 aliphatic rings. The minimum absolute atomic E-state index is 0.303. The first-order valence-corrected chi connectivity index (χ1v) is 4.77. The molecule has 0 rings (SSSR count). The van der Waals surface area contributed by atoms with E-state index in [0.717, 1.165) is 13.3 Å². The smallest absolute Gasteiger partial charge is 0.342 e. The van der Waals surface area contributed by atoms with Gasteiger partial charge in [0.05, 0.1) is 0 Å². The summed E-state index contributed by atoms with van der Waals surface area (Å²) in [5.41, 5.74) is -0.413. The fourth-order valence-corrected chi connectivity index (χ4v) is 0.417. The molecule has 0 aromatic heterocycles. The number of carboxylic acid groups (broad SMARTS) is 1. The van der Waals surface area contributed by atoms with Crippen molar-refractivity contribution < 1.29 is 24.5 Å². The normalized spacial score (nSPS) is 9.93. The van der Waals surface area contributed by atoms with E-state index in [4.69, 9.17) is 14.8 Å². The lowest BCUT2D eigenvalue weighted by molar-refractivity contribution is -0.320. The summed E-state index contributed by atoms with van der Waals surface area (Å²) in [6, 6.07) is 0. The van der Waals surface area contributed by atoms with E-state index in [-0.39, 0.29) is 5.97 Å². The molecule has 0 saturated heterocycles. The lowest BCUT2D eigenvalue weighted by Gasteiger charge is -2.16. The van der Waals surface area contributed by atoms with Gasteiger partial charge in [0.15, 0.2) is 0 Å². The van der Waals surface area contributed by atoms with Crippen molar-refractivity contribution in [3.05, 3.63) is 0 Å². The molecule has 0 amide bonds. The molecule has 0 radical (unpaired) electrons. The maximum Gasteiger partial charge on any atom is 0.342 e. The first kappa shape index (κ1) is 16.3. The fourth-order valence-electron chi connectivity index (χ4n) is 0.417. The summed E-state index contributed by atoms with van der Waals surface area (Å²) in [5.74, 6) is -1.14. The number of rotatable bonds is 3. The minimum atomic E-state index is -0.833. The van der Waals surface area contributed by atoms with Gasteiger partial charge in [0.25, 0.3) is 5.97 Å².